The lowest BCUT2D eigenvalue weighted by Crippen LogP contribution is -2.24. The predicted octanol–water partition coefficient (Wildman–Crippen LogP) is 3.56. The van der Waals surface area contributed by atoms with Gasteiger partial charge in [-0.2, -0.15) is 0 Å². The minimum atomic E-state index is 0.313. The zero-order valence-electron chi connectivity index (χ0n) is 13.9. The van der Waals surface area contributed by atoms with Gasteiger partial charge >= 0.3 is 0 Å². The van der Waals surface area contributed by atoms with Gasteiger partial charge in [-0.05, 0) is 31.9 Å². The quantitative estimate of drug-likeness (QED) is 0.720. The summed E-state index contributed by atoms with van der Waals surface area (Å²) in [4.78, 5) is 7.03. The SMILES string of the molecule is Cc1cc([C@H]2CCCN2Cc2nccn2Cc2ccccc2)on1. The first-order valence-electron chi connectivity index (χ1n) is 8.51. The molecule has 1 saturated heterocycles. The van der Waals surface area contributed by atoms with E-state index in [1.165, 1.54) is 12.0 Å². The van der Waals surface area contributed by atoms with Gasteiger partial charge in [0.05, 0.1) is 18.3 Å². The molecule has 0 radical (unpaired) electrons. The number of hydrogen-bond donors (Lipinski definition) is 0. The van der Waals surface area contributed by atoms with E-state index in [0.717, 1.165) is 43.3 Å². The Morgan fingerprint density at radius 3 is 2.88 bits per heavy atom. The molecule has 3 aromatic rings. The summed E-state index contributed by atoms with van der Waals surface area (Å²) in [5.41, 5.74) is 2.24. The molecule has 5 nitrogen and oxygen atoms in total. The molecule has 1 aromatic carbocycles. The molecule has 124 valence electrons. The van der Waals surface area contributed by atoms with Crippen molar-refractivity contribution in [1.29, 1.82) is 0 Å². The largest absolute Gasteiger partial charge is 0.359 e. The molecule has 3 heterocycles. The lowest BCUT2D eigenvalue weighted by atomic mass is 10.1. The normalized spacial score (nSPS) is 18.3. The van der Waals surface area contributed by atoms with E-state index >= 15 is 0 Å². The van der Waals surface area contributed by atoms with Gasteiger partial charge in [-0.1, -0.05) is 35.5 Å². The Morgan fingerprint density at radius 2 is 2.08 bits per heavy atom. The molecule has 0 N–H and O–H groups in total. The molecule has 0 unspecified atom stereocenters. The van der Waals surface area contributed by atoms with Crippen LogP contribution in [0.1, 0.15) is 41.7 Å². The highest BCUT2D eigenvalue weighted by molar-refractivity contribution is 5.16. The zero-order valence-corrected chi connectivity index (χ0v) is 13.9. The Balaban J connectivity index is 1.50. The number of hydrogen-bond acceptors (Lipinski definition) is 4. The average molecular weight is 322 g/mol. The Kier molecular flexibility index (Phi) is 4.17. The molecule has 0 saturated carbocycles. The lowest BCUT2D eigenvalue weighted by Gasteiger charge is -2.22. The minimum Gasteiger partial charge on any atom is -0.359 e. The third kappa shape index (κ3) is 3.12. The van der Waals surface area contributed by atoms with E-state index in [2.05, 4.69) is 56.1 Å². The van der Waals surface area contributed by atoms with Gasteiger partial charge in [0, 0.05) is 25.0 Å². The van der Waals surface area contributed by atoms with Gasteiger partial charge in [0.1, 0.15) is 5.82 Å². The monoisotopic (exact) mass is 322 g/mol. The third-order valence-corrected chi connectivity index (χ3v) is 4.68. The van der Waals surface area contributed by atoms with Crippen molar-refractivity contribution in [3.8, 4) is 0 Å². The van der Waals surface area contributed by atoms with Gasteiger partial charge in [0.25, 0.3) is 0 Å². The number of nitrogens with zero attached hydrogens (tertiary/aromatic N) is 4. The highest BCUT2D eigenvalue weighted by atomic mass is 16.5. The zero-order chi connectivity index (χ0) is 16.4. The molecule has 1 aliphatic rings. The number of imidazole rings is 1. The van der Waals surface area contributed by atoms with E-state index in [0.29, 0.717) is 6.04 Å². The highest BCUT2D eigenvalue weighted by Crippen LogP contribution is 2.33. The first kappa shape index (κ1) is 15.1. The molecule has 1 aliphatic heterocycles. The van der Waals surface area contributed by atoms with Crippen LogP contribution in [0.4, 0.5) is 0 Å². The predicted molar refractivity (Wildman–Crippen MR) is 91.4 cm³/mol. The number of likely N-dealkylation sites (tertiary alicyclic amines) is 1. The fourth-order valence-electron chi connectivity index (χ4n) is 3.48. The molecular weight excluding hydrogens is 300 g/mol. The molecule has 2 aromatic heterocycles. The van der Waals surface area contributed by atoms with Crippen LogP contribution in [-0.4, -0.2) is 26.2 Å². The van der Waals surface area contributed by atoms with Crippen molar-refractivity contribution in [3.63, 3.8) is 0 Å². The highest BCUT2D eigenvalue weighted by Gasteiger charge is 2.29. The number of aromatic nitrogens is 3. The second-order valence-electron chi connectivity index (χ2n) is 6.46. The van der Waals surface area contributed by atoms with Gasteiger partial charge in [0.2, 0.25) is 0 Å². The van der Waals surface area contributed by atoms with Crippen molar-refractivity contribution in [2.45, 2.75) is 38.9 Å². The average Bonchev–Trinajstić information content (AvgIpc) is 3.31. The fraction of sp³-hybridized carbons (Fsp3) is 0.368. The van der Waals surface area contributed by atoms with Crippen LogP contribution in [-0.2, 0) is 13.1 Å². The molecule has 4 rings (SSSR count). The van der Waals surface area contributed by atoms with Crippen LogP contribution in [0.2, 0.25) is 0 Å². The number of aryl methyl sites for hydroxylation is 1. The van der Waals surface area contributed by atoms with Crippen molar-refractivity contribution >= 4 is 0 Å². The van der Waals surface area contributed by atoms with E-state index in [9.17, 15) is 0 Å². The second-order valence-corrected chi connectivity index (χ2v) is 6.46. The van der Waals surface area contributed by atoms with Gasteiger partial charge in [-0.15, -0.1) is 0 Å². The summed E-state index contributed by atoms with van der Waals surface area (Å²) >= 11 is 0. The van der Waals surface area contributed by atoms with E-state index in [1.807, 2.05) is 19.2 Å². The maximum Gasteiger partial charge on any atom is 0.154 e. The Bertz CT molecular complexity index is 793. The number of rotatable bonds is 5. The van der Waals surface area contributed by atoms with Gasteiger partial charge in [-0.3, -0.25) is 4.90 Å². The van der Waals surface area contributed by atoms with Crippen LogP contribution in [0.25, 0.3) is 0 Å². The van der Waals surface area contributed by atoms with Crippen molar-refractivity contribution in [2.75, 3.05) is 6.54 Å². The summed E-state index contributed by atoms with van der Waals surface area (Å²) in [6.45, 7) is 4.74. The van der Waals surface area contributed by atoms with Crippen molar-refractivity contribution in [1.82, 2.24) is 19.6 Å². The number of benzene rings is 1. The maximum atomic E-state index is 5.50. The molecule has 0 spiro atoms. The van der Waals surface area contributed by atoms with Gasteiger partial charge < -0.3 is 9.09 Å². The van der Waals surface area contributed by atoms with Crippen molar-refractivity contribution < 1.29 is 4.52 Å². The molecule has 0 bridgehead atoms. The van der Waals surface area contributed by atoms with Crippen LogP contribution in [0.15, 0.2) is 53.3 Å². The Hall–Kier alpha value is -2.40. The second kappa shape index (κ2) is 6.61. The molecule has 1 fully saturated rings. The Labute approximate surface area is 141 Å². The van der Waals surface area contributed by atoms with E-state index in [4.69, 9.17) is 4.52 Å². The van der Waals surface area contributed by atoms with E-state index in [1.54, 1.807) is 0 Å². The standard InChI is InChI=1S/C19H22N4O/c1-15-12-18(24-21-15)17-8-5-10-22(17)14-19-20-9-11-23(19)13-16-6-3-2-4-7-16/h2-4,6-7,9,11-12,17H,5,8,10,13-14H2,1H3/t17-/m1/s1. The summed E-state index contributed by atoms with van der Waals surface area (Å²) in [6.07, 6.45) is 6.26. The molecule has 0 aliphatic carbocycles. The Morgan fingerprint density at radius 1 is 1.21 bits per heavy atom. The summed E-state index contributed by atoms with van der Waals surface area (Å²) in [6, 6.07) is 12.9. The van der Waals surface area contributed by atoms with E-state index < -0.39 is 0 Å². The van der Waals surface area contributed by atoms with Crippen LogP contribution in [0, 0.1) is 6.92 Å². The smallest absolute Gasteiger partial charge is 0.154 e. The maximum absolute atomic E-state index is 5.50. The van der Waals surface area contributed by atoms with Crippen molar-refractivity contribution in [2.24, 2.45) is 0 Å². The first-order valence-corrected chi connectivity index (χ1v) is 8.51. The molecule has 24 heavy (non-hydrogen) atoms. The molecule has 1 atom stereocenters. The van der Waals surface area contributed by atoms with Crippen LogP contribution >= 0.6 is 0 Å². The van der Waals surface area contributed by atoms with Gasteiger partial charge in [-0.25, -0.2) is 4.98 Å². The molecule has 0 amide bonds. The third-order valence-electron chi connectivity index (χ3n) is 4.68. The summed E-state index contributed by atoms with van der Waals surface area (Å²) in [7, 11) is 0. The minimum absolute atomic E-state index is 0.313. The lowest BCUT2D eigenvalue weighted by molar-refractivity contribution is 0.200. The van der Waals surface area contributed by atoms with Crippen LogP contribution < -0.4 is 0 Å². The van der Waals surface area contributed by atoms with Crippen LogP contribution in [0.3, 0.4) is 0 Å². The molecule has 5 heteroatoms. The summed E-state index contributed by atoms with van der Waals surface area (Å²) < 4.78 is 7.74. The first-order chi connectivity index (χ1) is 11.8. The van der Waals surface area contributed by atoms with Crippen molar-refractivity contribution in [3.05, 3.63) is 71.6 Å². The topological polar surface area (TPSA) is 47.1 Å². The summed E-state index contributed by atoms with van der Waals surface area (Å²) in [5.74, 6) is 2.08. The molecular formula is C19H22N4O. The fourth-order valence-corrected chi connectivity index (χ4v) is 3.48. The van der Waals surface area contributed by atoms with Crippen LogP contribution in [0.5, 0.6) is 0 Å². The van der Waals surface area contributed by atoms with Gasteiger partial charge in [0.15, 0.2) is 5.76 Å². The summed E-state index contributed by atoms with van der Waals surface area (Å²) in [5, 5.41) is 4.04. The van der Waals surface area contributed by atoms with E-state index in [-0.39, 0.29) is 0 Å².